The first-order valence-electron chi connectivity index (χ1n) is 10.1. The van der Waals surface area contributed by atoms with Crippen molar-refractivity contribution in [3.05, 3.63) is 105 Å². The molecule has 156 valence electrons. The van der Waals surface area contributed by atoms with Gasteiger partial charge in [0.2, 0.25) is 5.90 Å². The molecule has 0 unspecified atom stereocenters. The van der Waals surface area contributed by atoms with Crippen molar-refractivity contribution in [3.63, 3.8) is 0 Å². The molecule has 3 aromatic carbocycles. The van der Waals surface area contributed by atoms with Crippen LogP contribution in [0, 0.1) is 0 Å². The molecule has 0 aliphatic carbocycles. The summed E-state index contributed by atoms with van der Waals surface area (Å²) in [7, 11) is 0. The lowest BCUT2D eigenvalue weighted by Gasteiger charge is -2.09. The van der Waals surface area contributed by atoms with Gasteiger partial charge in [-0.25, -0.2) is 9.79 Å². The average Bonchev–Trinajstić information content (AvgIpc) is 3.13. The summed E-state index contributed by atoms with van der Waals surface area (Å²) in [6.07, 6.45) is 1.70. The number of carbonyl (C=O) groups is 1. The second kappa shape index (κ2) is 9.31. The van der Waals surface area contributed by atoms with E-state index < -0.39 is 5.97 Å². The van der Waals surface area contributed by atoms with E-state index in [9.17, 15) is 4.79 Å². The Balaban J connectivity index is 1.56. The van der Waals surface area contributed by atoms with Gasteiger partial charge in [-0.2, -0.15) is 0 Å². The van der Waals surface area contributed by atoms with Crippen molar-refractivity contribution >= 4 is 33.9 Å². The van der Waals surface area contributed by atoms with Gasteiger partial charge in [-0.3, -0.25) is 0 Å². The van der Waals surface area contributed by atoms with Gasteiger partial charge in [0.05, 0.1) is 0 Å². The number of carbonyl (C=O) groups excluding carboxylic acids is 1. The molecule has 4 nitrogen and oxygen atoms in total. The van der Waals surface area contributed by atoms with Crippen LogP contribution in [0.4, 0.5) is 0 Å². The number of halogens is 1. The zero-order chi connectivity index (χ0) is 21.8. The minimum absolute atomic E-state index is 0.251. The molecule has 1 heterocycles. The Kier molecular flexibility index (Phi) is 6.33. The molecule has 3 aromatic rings. The smallest absolute Gasteiger partial charge is 0.363 e. The monoisotopic (exact) mass is 475 g/mol. The maximum atomic E-state index is 12.4. The van der Waals surface area contributed by atoms with Crippen LogP contribution in [0.1, 0.15) is 42.0 Å². The number of aliphatic imine (C=N–C) groups is 1. The first-order valence-corrected chi connectivity index (χ1v) is 10.9. The second-order valence-electron chi connectivity index (χ2n) is 7.57. The molecule has 31 heavy (non-hydrogen) atoms. The average molecular weight is 476 g/mol. The first-order chi connectivity index (χ1) is 15.0. The van der Waals surface area contributed by atoms with E-state index in [0.717, 1.165) is 21.2 Å². The number of para-hydroxylation sites is 1. The molecule has 0 N–H and O–H groups in total. The summed E-state index contributed by atoms with van der Waals surface area (Å²) < 4.78 is 12.4. The lowest BCUT2D eigenvalue weighted by atomic mass is 10.0. The van der Waals surface area contributed by atoms with Gasteiger partial charge in [0.1, 0.15) is 12.4 Å². The summed E-state index contributed by atoms with van der Waals surface area (Å²) in [5.41, 5.74) is 4.06. The summed E-state index contributed by atoms with van der Waals surface area (Å²) in [6.45, 7) is 4.69. The SMILES string of the molecule is CC(C)c1ccc(C2=N/C(=C\c3ccccc3OCc3cccc(Br)c3)C(=O)O2)cc1. The number of cyclic esters (lactones) is 1. The third-order valence-corrected chi connectivity index (χ3v) is 5.43. The van der Waals surface area contributed by atoms with Gasteiger partial charge >= 0.3 is 5.97 Å². The van der Waals surface area contributed by atoms with E-state index in [1.165, 1.54) is 5.56 Å². The summed E-state index contributed by atoms with van der Waals surface area (Å²) in [6, 6.07) is 23.4. The fourth-order valence-electron chi connectivity index (χ4n) is 3.21. The lowest BCUT2D eigenvalue weighted by Crippen LogP contribution is -2.05. The second-order valence-corrected chi connectivity index (χ2v) is 8.48. The van der Waals surface area contributed by atoms with E-state index in [0.29, 0.717) is 24.2 Å². The number of benzene rings is 3. The van der Waals surface area contributed by atoms with Gasteiger partial charge in [-0.05, 0) is 53.5 Å². The van der Waals surface area contributed by atoms with Crippen molar-refractivity contribution in [2.45, 2.75) is 26.4 Å². The van der Waals surface area contributed by atoms with Gasteiger partial charge in [0.15, 0.2) is 5.70 Å². The van der Waals surface area contributed by atoms with Crippen LogP contribution >= 0.6 is 15.9 Å². The summed E-state index contributed by atoms with van der Waals surface area (Å²) in [5, 5.41) is 0. The van der Waals surface area contributed by atoms with E-state index in [2.05, 4.69) is 34.8 Å². The number of ether oxygens (including phenoxy) is 2. The molecule has 0 bridgehead atoms. The van der Waals surface area contributed by atoms with Crippen molar-refractivity contribution in [2.75, 3.05) is 0 Å². The molecule has 0 amide bonds. The van der Waals surface area contributed by atoms with E-state index >= 15 is 0 Å². The van der Waals surface area contributed by atoms with Gasteiger partial charge in [-0.1, -0.05) is 72.2 Å². The Bertz CT molecular complexity index is 1160. The number of esters is 1. The molecule has 0 radical (unpaired) electrons. The van der Waals surface area contributed by atoms with E-state index in [-0.39, 0.29) is 5.70 Å². The topological polar surface area (TPSA) is 47.9 Å². The Morgan fingerprint density at radius 3 is 2.55 bits per heavy atom. The third kappa shape index (κ3) is 5.12. The molecular formula is C26H22BrNO3. The fourth-order valence-corrected chi connectivity index (χ4v) is 3.66. The number of nitrogens with zero attached hydrogens (tertiary/aromatic N) is 1. The van der Waals surface area contributed by atoms with Crippen LogP contribution in [-0.4, -0.2) is 11.9 Å². The summed E-state index contributed by atoms with van der Waals surface area (Å²) >= 11 is 3.47. The number of hydrogen-bond acceptors (Lipinski definition) is 4. The molecule has 1 aliphatic heterocycles. The van der Waals surface area contributed by atoms with E-state index in [1.54, 1.807) is 6.08 Å². The molecule has 0 saturated heterocycles. The Hall–Kier alpha value is -3.18. The highest BCUT2D eigenvalue weighted by Crippen LogP contribution is 2.26. The summed E-state index contributed by atoms with van der Waals surface area (Å²) in [4.78, 5) is 16.8. The molecule has 0 saturated carbocycles. The molecule has 4 rings (SSSR count). The fraction of sp³-hybridized carbons (Fsp3) is 0.154. The number of hydrogen-bond donors (Lipinski definition) is 0. The van der Waals surface area contributed by atoms with Crippen LogP contribution in [-0.2, 0) is 16.1 Å². The Labute approximate surface area is 190 Å². The highest BCUT2D eigenvalue weighted by Gasteiger charge is 2.24. The predicted octanol–water partition coefficient (Wildman–Crippen LogP) is 6.50. The zero-order valence-electron chi connectivity index (χ0n) is 17.3. The molecular weight excluding hydrogens is 454 g/mol. The minimum atomic E-state index is -0.468. The van der Waals surface area contributed by atoms with E-state index in [1.807, 2.05) is 72.8 Å². The van der Waals surface area contributed by atoms with Crippen molar-refractivity contribution in [2.24, 2.45) is 4.99 Å². The Morgan fingerprint density at radius 1 is 1.03 bits per heavy atom. The van der Waals surface area contributed by atoms with Gasteiger partial charge < -0.3 is 9.47 Å². The molecule has 0 aromatic heterocycles. The standard InChI is InChI=1S/C26H22BrNO3/c1-17(2)19-10-12-20(13-11-19)25-28-23(26(29)31-25)15-21-7-3-4-9-24(21)30-16-18-6-5-8-22(27)14-18/h3-15,17H,16H2,1-2H3/b23-15-. The van der Waals surface area contributed by atoms with Crippen molar-refractivity contribution < 1.29 is 14.3 Å². The summed E-state index contributed by atoms with van der Waals surface area (Å²) in [5.74, 6) is 0.961. The van der Waals surface area contributed by atoms with Gasteiger partial charge in [0.25, 0.3) is 0 Å². The van der Waals surface area contributed by atoms with Crippen LogP contribution < -0.4 is 4.74 Å². The molecule has 0 fully saturated rings. The normalized spacial score (nSPS) is 14.6. The third-order valence-electron chi connectivity index (χ3n) is 4.94. The van der Waals surface area contributed by atoms with Crippen molar-refractivity contribution in [1.82, 2.24) is 0 Å². The first kappa shape index (κ1) is 21.1. The predicted molar refractivity (Wildman–Crippen MR) is 126 cm³/mol. The largest absolute Gasteiger partial charge is 0.488 e. The molecule has 1 aliphatic rings. The quantitative estimate of drug-likeness (QED) is 0.302. The Morgan fingerprint density at radius 2 is 1.81 bits per heavy atom. The maximum Gasteiger partial charge on any atom is 0.363 e. The maximum absolute atomic E-state index is 12.4. The van der Waals surface area contributed by atoms with Crippen LogP contribution in [0.5, 0.6) is 5.75 Å². The molecule has 5 heteroatoms. The molecule has 0 atom stereocenters. The van der Waals surface area contributed by atoms with Crippen molar-refractivity contribution in [1.29, 1.82) is 0 Å². The number of rotatable bonds is 6. The lowest BCUT2D eigenvalue weighted by molar-refractivity contribution is -0.129. The van der Waals surface area contributed by atoms with E-state index in [4.69, 9.17) is 9.47 Å². The van der Waals surface area contributed by atoms with Crippen molar-refractivity contribution in [3.8, 4) is 5.75 Å². The van der Waals surface area contributed by atoms with Gasteiger partial charge in [0, 0.05) is 15.6 Å². The van der Waals surface area contributed by atoms with Crippen LogP contribution in [0.2, 0.25) is 0 Å². The zero-order valence-corrected chi connectivity index (χ0v) is 18.9. The van der Waals surface area contributed by atoms with Gasteiger partial charge in [-0.15, -0.1) is 0 Å². The van der Waals surface area contributed by atoms with Crippen LogP contribution in [0.3, 0.4) is 0 Å². The molecule has 0 spiro atoms. The highest BCUT2D eigenvalue weighted by molar-refractivity contribution is 9.10. The van der Waals surface area contributed by atoms with Crippen LogP contribution in [0.25, 0.3) is 6.08 Å². The highest BCUT2D eigenvalue weighted by atomic mass is 79.9. The van der Waals surface area contributed by atoms with Crippen LogP contribution in [0.15, 0.2) is 88.0 Å². The minimum Gasteiger partial charge on any atom is -0.488 e.